The molecule has 0 radical (unpaired) electrons. The minimum absolute atomic E-state index is 0. The van der Waals surface area contributed by atoms with Crippen molar-refractivity contribution < 1.29 is 16.5 Å². The van der Waals surface area contributed by atoms with Crippen LogP contribution in [0.1, 0.15) is 276 Å². The van der Waals surface area contributed by atoms with Gasteiger partial charge in [0.05, 0.1) is 22.8 Å². The summed E-state index contributed by atoms with van der Waals surface area (Å²) in [7, 11) is 0. The van der Waals surface area contributed by atoms with Gasteiger partial charge < -0.3 is 0 Å². The molecule has 0 spiro atoms. The van der Waals surface area contributed by atoms with Gasteiger partial charge in [-0.05, 0) is 117 Å². The maximum absolute atomic E-state index is 5.56. The molecule has 2 aromatic rings. The third-order valence-electron chi connectivity index (χ3n) is 12.6. The molecule has 0 aliphatic carbocycles. The Kier molecular flexibility index (Phi) is 39.0. The van der Waals surface area contributed by atoms with Crippen LogP contribution in [0.15, 0.2) is 58.5 Å². The molecule has 0 unspecified atom stereocenters. The second-order valence-corrected chi connectivity index (χ2v) is 18.9. The van der Waals surface area contributed by atoms with Crippen molar-refractivity contribution in [2.75, 3.05) is 0 Å². The summed E-state index contributed by atoms with van der Waals surface area (Å²) in [5.74, 6) is 0. The molecule has 0 amide bonds. The van der Waals surface area contributed by atoms with E-state index in [9.17, 15) is 0 Å². The molecule has 2 rings (SSSR count). The minimum Gasteiger partial charge on any atom is -0.251 e. The van der Waals surface area contributed by atoms with Gasteiger partial charge in [0.25, 0.3) is 0 Å². The number of allylic oxidation sites excluding steroid dienone is 2. The number of hydrogen-bond donors (Lipinski definition) is 0. The normalized spacial score (nSPS) is 12.2. The van der Waals surface area contributed by atoms with E-state index in [1.807, 2.05) is 0 Å². The van der Waals surface area contributed by atoms with E-state index in [2.05, 4.69) is 90.1 Å². The molecule has 2 nitrogen and oxygen atoms in total. The van der Waals surface area contributed by atoms with Gasteiger partial charge in [-0.1, -0.05) is 233 Å². The first-order chi connectivity index (χ1) is 30.1. The van der Waals surface area contributed by atoms with Crippen LogP contribution in [0.4, 0.5) is 11.4 Å². The maximum atomic E-state index is 5.56. The van der Waals surface area contributed by atoms with Crippen molar-refractivity contribution in [3.05, 3.63) is 70.8 Å². The summed E-state index contributed by atoms with van der Waals surface area (Å²) in [5, 5.41) is 0. The van der Waals surface area contributed by atoms with Crippen LogP contribution >= 0.6 is 0 Å². The van der Waals surface area contributed by atoms with Crippen LogP contribution < -0.4 is 0 Å². The standard InChI is InChI=1S/C59H100N2.Ni/c1-7-13-17-18-19-20-21-22-23-24-25-26-27-28-29-30-31-32-33-34-35-39-45-59(60-56-48-52(40-11-5)46-53(49-56)41-12-6)58(44-38-16-10-4)61-57-50-54(42-36-14-8-2)47-55(51-57)43-37-15-9-3;/h39,45-51H,7-38,40-44H2,1-6H3;/b45-39+,60-59?,61-58?;. The molecule has 356 valence electrons. The van der Waals surface area contributed by atoms with Crippen LogP contribution in [0.2, 0.25) is 0 Å². The predicted octanol–water partition coefficient (Wildman–Crippen LogP) is 20.2. The van der Waals surface area contributed by atoms with Gasteiger partial charge in [-0.25, -0.2) is 4.99 Å². The molecular weight excluding hydrogens is 795 g/mol. The van der Waals surface area contributed by atoms with E-state index in [-0.39, 0.29) is 16.5 Å². The van der Waals surface area contributed by atoms with Gasteiger partial charge in [0.2, 0.25) is 0 Å². The average molecular weight is 896 g/mol. The zero-order chi connectivity index (χ0) is 43.9. The van der Waals surface area contributed by atoms with Gasteiger partial charge >= 0.3 is 0 Å². The molecule has 0 atom stereocenters. The fourth-order valence-electron chi connectivity index (χ4n) is 8.92. The van der Waals surface area contributed by atoms with Crippen molar-refractivity contribution >= 4 is 22.8 Å². The number of nitrogens with zero attached hydrogens (tertiary/aromatic N) is 2. The number of aliphatic imine (C=N–C) groups is 2. The predicted molar refractivity (Wildman–Crippen MR) is 277 cm³/mol. The topological polar surface area (TPSA) is 24.7 Å². The second-order valence-electron chi connectivity index (χ2n) is 18.9. The first-order valence-corrected chi connectivity index (χ1v) is 27.1. The van der Waals surface area contributed by atoms with E-state index in [1.165, 1.54) is 202 Å². The van der Waals surface area contributed by atoms with Gasteiger partial charge in [0, 0.05) is 16.5 Å². The fourth-order valence-corrected chi connectivity index (χ4v) is 8.92. The second kappa shape index (κ2) is 41.7. The van der Waals surface area contributed by atoms with E-state index < -0.39 is 0 Å². The Morgan fingerprint density at radius 2 is 0.694 bits per heavy atom. The summed E-state index contributed by atoms with van der Waals surface area (Å²) in [6.45, 7) is 13.8. The Morgan fingerprint density at radius 3 is 1.10 bits per heavy atom. The average Bonchev–Trinajstić information content (AvgIpc) is 3.25. The molecule has 0 heterocycles. The fraction of sp³-hybridized carbons (Fsp3) is 0.729. The SMILES string of the molecule is CCCCCCCCCCCCCCCCCCCCCC/C=C/C(=Nc1cc(CCC)cc(CCC)c1)C(CCCCC)=Nc1cc(CCCCC)cc(CCCCC)c1.[Ni]. The molecule has 0 bridgehead atoms. The molecule has 3 heteroatoms. The van der Waals surface area contributed by atoms with E-state index in [0.29, 0.717) is 0 Å². The number of unbranched alkanes of at least 4 members (excludes halogenated alkanes) is 26. The molecule has 0 N–H and O–H groups in total. The van der Waals surface area contributed by atoms with Crippen LogP contribution in [0, 0.1) is 0 Å². The van der Waals surface area contributed by atoms with Crippen molar-refractivity contribution in [1.82, 2.24) is 0 Å². The van der Waals surface area contributed by atoms with Gasteiger partial charge in [0.15, 0.2) is 0 Å². The first kappa shape index (κ1) is 58.0. The molecule has 2 aromatic carbocycles. The summed E-state index contributed by atoms with van der Waals surface area (Å²) in [5.41, 5.74) is 10.2. The van der Waals surface area contributed by atoms with Crippen LogP contribution in [-0.4, -0.2) is 11.4 Å². The zero-order valence-corrected chi connectivity index (χ0v) is 43.0. The maximum Gasteiger partial charge on any atom is 0.0848 e. The third-order valence-corrected chi connectivity index (χ3v) is 12.6. The molecule has 0 saturated carbocycles. The quantitative estimate of drug-likeness (QED) is 0.0361. The summed E-state index contributed by atoms with van der Waals surface area (Å²) in [6.07, 6.45) is 53.4. The molecule has 0 saturated heterocycles. The number of rotatable bonds is 41. The summed E-state index contributed by atoms with van der Waals surface area (Å²) >= 11 is 0. The van der Waals surface area contributed by atoms with Gasteiger partial charge in [-0.2, -0.15) is 0 Å². The third kappa shape index (κ3) is 30.2. The van der Waals surface area contributed by atoms with E-state index in [1.54, 1.807) is 0 Å². The van der Waals surface area contributed by atoms with Gasteiger partial charge in [-0.3, -0.25) is 4.99 Å². The van der Waals surface area contributed by atoms with Crippen LogP contribution in [0.3, 0.4) is 0 Å². The van der Waals surface area contributed by atoms with Crippen LogP contribution in [0.5, 0.6) is 0 Å². The van der Waals surface area contributed by atoms with E-state index >= 15 is 0 Å². The largest absolute Gasteiger partial charge is 0.251 e. The summed E-state index contributed by atoms with van der Waals surface area (Å²) < 4.78 is 0. The van der Waals surface area contributed by atoms with E-state index in [0.717, 1.165) is 80.6 Å². The first-order valence-electron chi connectivity index (χ1n) is 27.1. The zero-order valence-electron chi connectivity index (χ0n) is 42.0. The Balaban J connectivity index is 0.0000192. The Labute approximate surface area is 397 Å². The molecule has 0 aliphatic rings. The molecular formula is C59H100N2Ni. The van der Waals surface area contributed by atoms with Gasteiger partial charge in [0.1, 0.15) is 0 Å². The Bertz CT molecular complexity index is 1370. The summed E-state index contributed by atoms with van der Waals surface area (Å²) in [6, 6.07) is 14.4. The number of benzene rings is 2. The minimum atomic E-state index is 0. The number of aryl methyl sites for hydroxylation is 4. The van der Waals surface area contributed by atoms with Crippen molar-refractivity contribution in [3.63, 3.8) is 0 Å². The Morgan fingerprint density at radius 1 is 0.355 bits per heavy atom. The van der Waals surface area contributed by atoms with Crippen molar-refractivity contribution in [3.8, 4) is 0 Å². The van der Waals surface area contributed by atoms with E-state index in [4.69, 9.17) is 9.98 Å². The van der Waals surface area contributed by atoms with Crippen molar-refractivity contribution in [1.29, 1.82) is 0 Å². The smallest absolute Gasteiger partial charge is 0.0848 e. The number of hydrogen-bond acceptors (Lipinski definition) is 2. The van der Waals surface area contributed by atoms with Crippen LogP contribution in [0.25, 0.3) is 0 Å². The molecule has 62 heavy (non-hydrogen) atoms. The van der Waals surface area contributed by atoms with Crippen molar-refractivity contribution in [2.24, 2.45) is 9.98 Å². The van der Waals surface area contributed by atoms with Crippen LogP contribution in [-0.2, 0) is 42.2 Å². The van der Waals surface area contributed by atoms with Gasteiger partial charge in [-0.15, -0.1) is 0 Å². The molecule has 0 fully saturated rings. The molecule has 0 aromatic heterocycles. The monoisotopic (exact) mass is 895 g/mol. The van der Waals surface area contributed by atoms with Crippen molar-refractivity contribution in [2.45, 2.75) is 279 Å². The molecule has 0 aliphatic heterocycles. The summed E-state index contributed by atoms with van der Waals surface area (Å²) in [4.78, 5) is 11.1. The Hall–Kier alpha value is -1.99.